The maximum absolute atomic E-state index is 9.39. The van der Waals surface area contributed by atoms with Crippen molar-refractivity contribution in [2.45, 2.75) is 12.5 Å². The molecule has 0 saturated heterocycles. The molecule has 0 saturated carbocycles. The van der Waals surface area contributed by atoms with Crippen LogP contribution in [0.2, 0.25) is 0 Å². The maximum Gasteiger partial charge on any atom is 2.00 e. The molecule has 1 aliphatic rings. The molecule has 1 atom stereocenters. The molecule has 1 aromatic carbocycles. The number of hydrogen-bond acceptors (Lipinski definition) is 2. The summed E-state index contributed by atoms with van der Waals surface area (Å²) in [6.07, 6.45) is 6.49. The number of nitrogens with zero attached hydrogens (tertiary/aromatic N) is 1. The van der Waals surface area contributed by atoms with Gasteiger partial charge >= 0.3 is 21.7 Å². The number of halogens is 2. The molecule has 2 rings (SSSR count). The van der Waals surface area contributed by atoms with Gasteiger partial charge in [-0.15, -0.1) is 0 Å². The van der Waals surface area contributed by atoms with Gasteiger partial charge in [0, 0.05) is 12.5 Å². The van der Waals surface area contributed by atoms with Gasteiger partial charge in [-0.05, 0) is 30.8 Å². The zero-order valence-electron chi connectivity index (χ0n) is 11.7. The molecule has 0 aliphatic heterocycles. The van der Waals surface area contributed by atoms with Crippen molar-refractivity contribution in [3.63, 3.8) is 0 Å². The first kappa shape index (κ1) is 22.2. The van der Waals surface area contributed by atoms with Gasteiger partial charge in [-0.25, -0.2) is 0 Å². The molecule has 1 unspecified atom stereocenters. The second kappa shape index (κ2) is 10.6. The molecule has 0 heterocycles. The number of aliphatic hydroxyl groups excluding tert-OH is 1. The third-order valence-electron chi connectivity index (χ3n) is 3.07. The van der Waals surface area contributed by atoms with Crippen LogP contribution >= 0.6 is 0 Å². The second-order valence-electron chi connectivity index (χ2n) is 4.70. The van der Waals surface area contributed by atoms with Crippen molar-refractivity contribution in [1.29, 1.82) is 0 Å². The Balaban J connectivity index is 0. The standard InChI is InChI=1S/C15H19NO.2ClH.Ti/c1-16(2)10-12-7-5-9-14(12)15-8-4-3-6-13(15)11-17;;;/h3-9,14,17H,10-11H2,1-2H3;2*1H;/q;;;+2/p-2. The van der Waals surface area contributed by atoms with E-state index in [1.54, 1.807) is 0 Å². The number of aliphatic hydroxyl groups is 1. The van der Waals surface area contributed by atoms with E-state index in [0.29, 0.717) is 5.92 Å². The Morgan fingerprint density at radius 1 is 1.15 bits per heavy atom. The normalized spacial score (nSPS) is 16.0. The summed E-state index contributed by atoms with van der Waals surface area (Å²) in [5, 5.41) is 9.39. The van der Waals surface area contributed by atoms with Crippen molar-refractivity contribution in [2.24, 2.45) is 0 Å². The predicted molar refractivity (Wildman–Crippen MR) is 70.9 cm³/mol. The number of likely N-dealkylation sites (N-methyl/N-ethyl adjacent to an activating group) is 1. The van der Waals surface area contributed by atoms with Crippen LogP contribution in [-0.2, 0) is 28.3 Å². The molecule has 5 heteroatoms. The molecule has 1 aliphatic carbocycles. The van der Waals surface area contributed by atoms with Gasteiger partial charge in [-0.1, -0.05) is 42.5 Å². The van der Waals surface area contributed by atoms with E-state index in [0.717, 1.165) is 12.1 Å². The van der Waals surface area contributed by atoms with Crippen molar-refractivity contribution in [1.82, 2.24) is 4.90 Å². The Bertz CT molecular complexity index is 461. The van der Waals surface area contributed by atoms with E-state index in [1.165, 1.54) is 11.1 Å². The minimum absolute atomic E-state index is 0. The Kier molecular flexibility index (Phi) is 11.8. The summed E-state index contributed by atoms with van der Waals surface area (Å²) in [5.41, 5.74) is 3.63. The molecule has 1 aromatic rings. The summed E-state index contributed by atoms with van der Waals surface area (Å²) < 4.78 is 0. The zero-order valence-corrected chi connectivity index (χ0v) is 14.8. The van der Waals surface area contributed by atoms with Crippen molar-refractivity contribution in [3.05, 3.63) is 59.2 Å². The molecule has 1 N–H and O–H groups in total. The average Bonchev–Trinajstić information content (AvgIpc) is 2.76. The molecule has 20 heavy (non-hydrogen) atoms. The van der Waals surface area contributed by atoms with Crippen molar-refractivity contribution in [3.8, 4) is 0 Å². The Hall–Kier alpha value is -0.0857. The number of rotatable bonds is 4. The summed E-state index contributed by atoms with van der Waals surface area (Å²) >= 11 is 0. The molecule has 0 radical (unpaired) electrons. The van der Waals surface area contributed by atoms with E-state index in [2.05, 4.69) is 43.3 Å². The Labute approximate surface area is 148 Å². The Morgan fingerprint density at radius 2 is 1.80 bits per heavy atom. The molecule has 108 valence electrons. The first-order chi connectivity index (χ1) is 8.22. The summed E-state index contributed by atoms with van der Waals surface area (Å²) in [6, 6.07) is 8.11. The zero-order chi connectivity index (χ0) is 12.3. The number of allylic oxidation sites excluding steroid dienone is 3. The van der Waals surface area contributed by atoms with Crippen molar-refractivity contribution in [2.75, 3.05) is 20.6 Å². The van der Waals surface area contributed by atoms with Crippen LogP contribution in [0.1, 0.15) is 17.0 Å². The fourth-order valence-corrected chi connectivity index (χ4v) is 2.32. The van der Waals surface area contributed by atoms with E-state index in [1.807, 2.05) is 18.2 Å². The second-order valence-corrected chi connectivity index (χ2v) is 4.70. The summed E-state index contributed by atoms with van der Waals surface area (Å²) in [6.45, 7) is 1.06. The summed E-state index contributed by atoms with van der Waals surface area (Å²) in [5.74, 6) is 0.320. The van der Waals surface area contributed by atoms with Crippen molar-refractivity contribution < 1.29 is 51.6 Å². The largest absolute Gasteiger partial charge is 2.00 e. The SMILES string of the molecule is CN(C)CC1=CC=CC1c1ccccc1CO.[Cl-].[Cl-].[Ti+2]. The number of benzene rings is 1. The van der Waals surface area contributed by atoms with Crippen LogP contribution in [0, 0.1) is 0 Å². The van der Waals surface area contributed by atoms with E-state index in [4.69, 9.17) is 0 Å². The van der Waals surface area contributed by atoms with Crippen LogP contribution in [0.3, 0.4) is 0 Å². The Morgan fingerprint density at radius 3 is 2.40 bits per heavy atom. The van der Waals surface area contributed by atoms with Gasteiger partial charge in [-0.2, -0.15) is 0 Å². The van der Waals surface area contributed by atoms with Crippen LogP contribution in [0.15, 0.2) is 48.1 Å². The van der Waals surface area contributed by atoms with Crippen LogP contribution in [0.4, 0.5) is 0 Å². The van der Waals surface area contributed by atoms with Crippen LogP contribution in [0.5, 0.6) is 0 Å². The molecular weight excluding hydrogens is 329 g/mol. The van der Waals surface area contributed by atoms with Gasteiger partial charge in [0.25, 0.3) is 0 Å². The quantitative estimate of drug-likeness (QED) is 0.567. The summed E-state index contributed by atoms with van der Waals surface area (Å²) in [4.78, 5) is 2.17. The molecule has 0 amide bonds. The number of hydrogen-bond donors (Lipinski definition) is 1. The van der Waals surface area contributed by atoms with Crippen molar-refractivity contribution >= 4 is 0 Å². The van der Waals surface area contributed by atoms with Crippen LogP contribution in [0.25, 0.3) is 0 Å². The first-order valence-corrected chi connectivity index (χ1v) is 5.93. The van der Waals surface area contributed by atoms with E-state index in [9.17, 15) is 5.11 Å². The van der Waals surface area contributed by atoms with Gasteiger partial charge in [0.2, 0.25) is 0 Å². The van der Waals surface area contributed by atoms with E-state index < -0.39 is 0 Å². The topological polar surface area (TPSA) is 23.5 Å². The third-order valence-corrected chi connectivity index (χ3v) is 3.07. The fraction of sp³-hybridized carbons (Fsp3) is 0.333. The van der Waals surface area contributed by atoms with E-state index in [-0.39, 0.29) is 53.1 Å². The first-order valence-electron chi connectivity index (χ1n) is 5.93. The maximum atomic E-state index is 9.39. The molecule has 0 fully saturated rings. The average molecular weight is 348 g/mol. The molecule has 0 spiro atoms. The monoisotopic (exact) mass is 347 g/mol. The van der Waals surface area contributed by atoms with Gasteiger partial charge in [0.05, 0.1) is 6.61 Å². The van der Waals surface area contributed by atoms with Gasteiger partial charge in [-0.3, -0.25) is 0 Å². The smallest absolute Gasteiger partial charge is 1.00 e. The molecule has 0 bridgehead atoms. The summed E-state index contributed by atoms with van der Waals surface area (Å²) in [7, 11) is 4.16. The fourth-order valence-electron chi connectivity index (χ4n) is 2.32. The van der Waals surface area contributed by atoms with E-state index >= 15 is 0 Å². The van der Waals surface area contributed by atoms with Crippen LogP contribution in [-0.4, -0.2) is 30.6 Å². The van der Waals surface area contributed by atoms with Gasteiger partial charge in [0.1, 0.15) is 0 Å². The molecule has 2 nitrogen and oxygen atoms in total. The van der Waals surface area contributed by atoms with Crippen LogP contribution < -0.4 is 24.8 Å². The molecular formula is C15H19Cl2NOTi. The third kappa shape index (κ3) is 5.36. The minimum atomic E-state index is 0. The minimum Gasteiger partial charge on any atom is -1.00 e. The van der Waals surface area contributed by atoms with Gasteiger partial charge in [0.15, 0.2) is 0 Å². The van der Waals surface area contributed by atoms with Gasteiger partial charge < -0.3 is 34.8 Å². The molecule has 0 aromatic heterocycles. The predicted octanol–water partition coefficient (Wildman–Crippen LogP) is -3.67.